The van der Waals surface area contributed by atoms with E-state index >= 15 is 0 Å². The van der Waals surface area contributed by atoms with Crippen molar-refractivity contribution in [1.82, 2.24) is 10.6 Å². The summed E-state index contributed by atoms with van der Waals surface area (Å²) >= 11 is 1.36. The lowest BCUT2D eigenvalue weighted by Crippen LogP contribution is -2.42. The molecule has 6 nitrogen and oxygen atoms in total. The van der Waals surface area contributed by atoms with E-state index in [2.05, 4.69) is 82.8 Å². The van der Waals surface area contributed by atoms with Crippen LogP contribution in [0.5, 0.6) is 0 Å². The van der Waals surface area contributed by atoms with Crippen molar-refractivity contribution in [2.45, 2.75) is 38.8 Å². The van der Waals surface area contributed by atoms with Gasteiger partial charge in [0.2, 0.25) is 11.8 Å². The van der Waals surface area contributed by atoms with E-state index in [9.17, 15) is 9.59 Å². The van der Waals surface area contributed by atoms with Gasteiger partial charge < -0.3 is 20.4 Å². The number of nitrogens with one attached hydrogen (secondary N) is 2. The molecule has 0 saturated carbocycles. The van der Waals surface area contributed by atoms with Crippen molar-refractivity contribution in [3.63, 3.8) is 0 Å². The van der Waals surface area contributed by atoms with Crippen molar-refractivity contribution in [3.05, 3.63) is 59.7 Å². The van der Waals surface area contributed by atoms with Gasteiger partial charge in [0.05, 0.1) is 11.5 Å². The number of thioether (sulfide) groups is 1. The summed E-state index contributed by atoms with van der Waals surface area (Å²) in [6.45, 7) is 7.48. The highest BCUT2D eigenvalue weighted by Crippen LogP contribution is 2.29. The summed E-state index contributed by atoms with van der Waals surface area (Å²) in [5.74, 6) is 0.556. The molecule has 2 unspecified atom stereocenters. The molecule has 0 fully saturated rings. The Labute approximate surface area is 201 Å². The van der Waals surface area contributed by atoms with E-state index in [1.807, 2.05) is 0 Å². The van der Waals surface area contributed by atoms with Crippen LogP contribution in [0, 0.1) is 0 Å². The van der Waals surface area contributed by atoms with Gasteiger partial charge in [0.1, 0.15) is 0 Å². The normalized spacial score (nSPS) is 16.2. The first-order valence-corrected chi connectivity index (χ1v) is 13.0. The molecule has 4 rings (SSSR count). The molecule has 2 aromatic carbocycles. The number of fused-ring (bicyclic) bond motifs is 2. The second-order valence-electron chi connectivity index (χ2n) is 8.94. The maximum atomic E-state index is 12.3. The number of nitrogens with zero attached hydrogens (tertiary/aromatic N) is 2. The van der Waals surface area contributed by atoms with Crippen LogP contribution in [-0.2, 0) is 22.4 Å². The van der Waals surface area contributed by atoms with Crippen molar-refractivity contribution >= 4 is 35.0 Å². The second kappa shape index (κ2) is 11.0. The summed E-state index contributed by atoms with van der Waals surface area (Å²) in [5.41, 5.74) is 5.30. The average Bonchev–Trinajstić information content (AvgIpc) is 3.45. The minimum absolute atomic E-state index is 0.0193. The van der Waals surface area contributed by atoms with E-state index in [1.165, 1.54) is 34.3 Å². The third-order valence-corrected chi connectivity index (χ3v) is 7.50. The van der Waals surface area contributed by atoms with E-state index in [1.54, 1.807) is 0 Å². The summed E-state index contributed by atoms with van der Waals surface area (Å²) in [4.78, 5) is 29.2. The maximum absolute atomic E-state index is 12.3. The largest absolute Gasteiger partial charge is 0.366 e. The smallest absolute Gasteiger partial charge is 0.230 e. The Morgan fingerprint density at radius 2 is 1.21 bits per heavy atom. The highest BCUT2D eigenvalue weighted by molar-refractivity contribution is 8.00. The van der Waals surface area contributed by atoms with Gasteiger partial charge in [-0.05, 0) is 49.9 Å². The molecule has 2 atom stereocenters. The molecule has 0 radical (unpaired) electrons. The minimum atomic E-state index is -0.0193. The Morgan fingerprint density at radius 3 is 1.67 bits per heavy atom. The molecule has 2 amide bonds. The lowest BCUT2D eigenvalue weighted by atomic mass is 10.2. The number of hydrogen-bond donors (Lipinski definition) is 2. The highest BCUT2D eigenvalue weighted by atomic mass is 32.2. The SMILES string of the molecule is CC(CNC(=O)CSCC(=O)NCC(C)N1CCc2ccccc21)N1CCc2ccccc21. The molecular weight excluding hydrogens is 432 g/mol. The lowest BCUT2D eigenvalue weighted by Gasteiger charge is -2.27. The van der Waals surface area contributed by atoms with Crippen LogP contribution in [-0.4, -0.2) is 61.6 Å². The van der Waals surface area contributed by atoms with Gasteiger partial charge in [-0.15, -0.1) is 11.8 Å². The topological polar surface area (TPSA) is 64.7 Å². The maximum Gasteiger partial charge on any atom is 0.230 e. The van der Waals surface area contributed by atoms with Crippen molar-refractivity contribution in [2.75, 3.05) is 47.5 Å². The van der Waals surface area contributed by atoms with Gasteiger partial charge in [0, 0.05) is 49.6 Å². The number of rotatable bonds is 10. The van der Waals surface area contributed by atoms with Gasteiger partial charge in [-0.2, -0.15) is 0 Å². The molecule has 2 heterocycles. The molecule has 0 aromatic heterocycles. The van der Waals surface area contributed by atoms with Crippen molar-refractivity contribution in [3.8, 4) is 0 Å². The fraction of sp³-hybridized carbons (Fsp3) is 0.462. The van der Waals surface area contributed by atoms with Crippen LogP contribution in [0.1, 0.15) is 25.0 Å². The van der Waals surface area contributed by atoms with Crippen LogP contribution < -0.4 is 20.4 Å². The number of benzene rings is 2. The summed E-state index contributed by atoms with van der Waals surface area (Å²) in [5, 5.41) is 6.04. The minimum Gasteiger partial charge on any atom is -0.366 e. The predicted octanol–water partition coefficient (Wildman–Crippen LogP) is 2.85. The Hall–Kier alpha value is -2.67. The van der Waals surface area contributed by atoms with E-state index in [4.69, 9.17) is 0 Å². The Kier molecular flexibility index (Phi) is 7.81. The molecule has 2 N–H and O–H groups in total. The first-order chi connectivity index (χ1) is 16.0. The summed E-state index contributed by atoms with van der Waals surface area (Å²) in [7, 11) is 0. The molecular formula is C26H34N4O2S. The number of amides is 2. The Balaban J connectivity index is 1.11. The summed E-state index contributed by atoms with van der Waals surface area (Å²) in [6.07, 6.45) is 2.12. The van der Waals surface area contributed by atoms with Crippen LogP contribution in [0.2, 0.25) is 0 Å². The first kappa shape index (κ1) is 23.5. The number of para-hydroxylation sites is 2. The predicted molar refractivity (Wildman–Crippen MR) is 137 cm³/mol. The highest BCUT2D eigenvalue weighted by Gasteiger charge is 2.24. The molecule has 0 aliphatic carbocycles. The first-order valence-electron chi connectivity index (χ1n) is 11.8. The van der Waals surface area contributed by atoms with Gasteiger partial charge in [-0.1, -0.05) is 36.4 Å². The molecule has 2 aliphatic heterocycles. The Bertz CT molecular complexity index is 905. The van der Waals surface area contributed by atoms with Crippen molar-refractivity contribution in [1.29, 1.82) is 0 Å². The van der Waals surface area contributed by atoms with E-state index in [-0.39, 0.29) is 23.9 Å². The fourth-order valence-electron chi connectivity index (χ4n) is 4.73. The van der Waals surface area contributed by atoms with Crippen molar-refractivity contribution < 1.29 is 9.59 Å². The standard InChI is InChI=1S/C26H34N4O2S/c1-19(29-13-11-21-7-3-5-9-23(21)29)15-27-25(31)17-33-18-26(32)28-16-20(2)30-14-12-22-8-4-6-10-24(22)30/h3-10,19-20H,11-18H2,1-2H3,(H,27,31)(H,28,32). The average molecular weight is 467 g/mol. The van der Waals surface area contributed by atoms with Gasteiger partial charge in [-0.3, -0.25) is 9.59 Å². The monoisotopic (exact) mass is 466 g/mol. The van der Waals surface area contributed by atoms with Crippen LogP contribution >= 0.6 is 11.8 Å². The van der Waals surface area contributed by atoms with Crippen LogP contribution in [0.15, 0.2) is 48.5 Å². The van der Waals surface area contributed by atoms with E-state index < -0.39 is 0 Å². The molecule has 0 spiro atoms. The van der Waals surface area contributed by atoms with Gasteiger partial charge in [-0.25, -0.2) is 0 Å². The Morgan fingerprint density at radius 1 is 0.788 bits per heavy atom. The second-order valence-corrected chi connectivity index (χ2v) is 9.93. The number of hydrogen-bond acceptors (Lipinski definition) is 5. The molecule has 7 heteroatoms. The molecule has 0 bridgehead atoms. The number of anilines is 2. The van der Waals surface area contributed by atoms with Crippen LogP contribution in [0.3, 0.4) is 0 Å². The zero-order valence-corrected chi connectivity index (χ0v) is 20.4. The van der Waals surface area contributed by atoms with Gasteiger partial charge in [0.15, 0.2) is 0 Å². The zero-order chi connectivity index (χ0) is 23.2. The summed E-state index contributed by atoms with van der Waals surface area (Å²) < 4.78 is 0. The number of carbonyl (C=O) groups is 2. The fourth-order valence-corrected chi connectivity index (χ4v) is 5.40. The lowest BCUT2D eigenvalue weighted by molar-refractivity contribution is -0.118. The van der Waals surface area contributed by atoms with Crippen LogP contribution in [0.4, 0.5) is 11.4 Å². The van der Waals surface area contributed by atoms with Gasteiger partial charge >= 0.3 is 0 Å². The molecule has 2 aliphatic rings. The van der Waals surface area contributed by atoms with E-state index in [0.717, 1.165) is 25.9 Å². The molecule has 2 aromatic rings. The molecule has 33 heavy (non-hydrogen) atoms. The zero-order valence-electron chi connectivity index (χ0n) is 19.5. The van der Waals surface area contributed by atoms with Crippen LogP contribution in [0.25, 0.3) is 0 Å². The quantitative estimate of drug-likeness (QED) is 0.564. The third kappa shape index (κ3) is 5.82. The third-order valence-electron chi connectivity index (χ3n) is 6.57. The van der Waals surface area contributed by atoms with Gasteiger partial charge in [0.25, 0.3) is 0 Å². The number of carbonyl (C=O) groups excluding carboxylic acids is 2. The van der Waals surface area contributed by atoms with E-state index in [0.29, 0.717) is 24.6 Å². The molecule has 176 valence electrons. The van der Waals surface area contributed by atoms with Crippen molar-refractivity contribution in [2.24, 2.45) is 0 Å². The molecule has 0 saturated heterocycles. The summed E-state index contributed by atoms with van der Waals surface area (Å²) in [6, 6.07) is 17.4.